The highest BCUT2D eigenvalue weighted by Crippen LogP contribution is 2.05. The Bertz CT molecular complexity index is 447. The molecular weight excluding hydrogens is 192 g/mol. The molecule has 0 radical (unpaired) electrons. The van der Waals surface area contributed by atoms with Gasteiger partial charge in [0, 0.05) is 12.4 Å². The van der Waals surface area contributed by atoms with Gasteiger partial charge < -0.3 is 5.32 Å². The van der Waals surface area contributed by atoms with E-state index in [2.05, 4.69) is 20.5 Å². The van der Waals surface area contributed by atoms with Gasteiger partial charge in [0.25, 0.3) is 5.91 Å². The van der Waals surface area contributed by atoms with Crippen molar-refractivity contribution in [3.63, 3.8) is 0 Å². The summed E-state index contributed by atoms with van der Waals surface area (Å²) in [6, 6.07) is 3.64. The Balaban J connectivity index is 2.09. The first-order chi connectivity index (χ1) is 7.25. The van der Waals surface area contributed by atoms with Crippen LogP contribution in [0.25, 0.3) is 0 Å². The fourth-order valence-corrected chi connectivity index (χ4v) is 1.11. The molecule has 1 amide bonds. The van der Waals surface area contributed by atoms with Crippen molar-refractivity contribution in [2.45, 2.75) is 6.92 Å². The Labute approximate surface area is 86.5 Å². The SMILES string of the molecule is Cc1ccc(NC(=O)c2cn[nH]c2)nc1. The molecule has 0 unspecified atom stereocenters. The Kier molecular flexibility index (Phi) is 2.45. The first-order valence-corrected chi connectivity index (χ1v) is 4.48. The zero-order chi connectivity index (χ0) is 10.7. The molecule has 2 N–H and O–H groups in total. The molecule has 76 valence electrons. The Hall–Kier alpha value is -2.17. The number of aryl methyl sites for hydroxylation is 1. The number of H-pyrrole nitrogens is 1. The molecule has 0 bridgehead atoms. The van der Waals surface area contributed by atoms with Gasteiger partial charge >= 0.3 is 0 Å². The van der Waals surface area contributed by atoms with Gasteiger partial charge in [-0.05, 0) is 18.6 Å². The molecule has 2 heterocycles. The maximum absolute atomic E-state index is 11.5. The molecule has 2 rings (SSSR count). The summed E-state index contributed by atoms with van der Waals surface area (Å²) in [5, 5.41) is 8.93. The molecule has 2 aromatic heterocycles. The summed E-state index contributed by atoms with van der Waals surface area (Å²) in [6.45, 7) is 1.94. The minimum absolute atomic E-state index is 0.222. The van der Waals surface area contributed by atoms with Crippen molar-refractivity contribution in [1.29, 1.82) is 0 Å². The summed E-state index contributed by atoms with van der Waals surface area (Å²) in [4.78, 5) is 15.6. The molecule has 5 heteroatoms. The van der Waals surface area contributed by atoms with Crippen LogP contribution < -0.4 is 5.32 Å². The third-order valence-electron chi connectivity index (χ3n) is 1.91. The number of rotatable bonds is 2. The lowest BCUT2D eigenvalue weighted by atomic mass is 10.3. The normalized spacial score (nSPS) is 9.93. The zero-order valence-corrected chi connectivity index (χ0v) is 8.19. The van der Waals surface area contributed by atoms with E-state index in [-0.39, 0.29) is 5.91 Å². The molecule has 0 atom stereocenters. The number of nitrogens with one attached hydrogen (secondary N) is 2. The van der Waals surface area contributed by atoms with E-state index < -0.39 is 0 Å². The number of nitrogens with zero attached hydrogens (tertiary/aromatic N) is 2. The van der Waals surface area contributed by atoms with E-state index in [0.717, 1.165) is 5.56 Å². The average Bonchev–Trinajstić information content (AvgIpc) is 2.74. The maximum atomic E-state index is 11.5. The predicted octanol–water partition coefficient (Wildman–Crippen LogP) is 1.37. The molecule has 0 saturated heterocycles. The van der Waals surface area contributed by atoms with Crippen molar-refractivity contribution in [3.05, 3.63) is 41.9 Å². The monoisotopic (exact) mass is 202 g/mol. The van der Waals surface area contributed by atoms with Crippen LogP contribution in [0.3, 0.4) is 0 Å². The summed E-state index contributed by atoms with van der Waals surface area (Å²) >= 11 is 0. The maximum Gasteiger partial charge on any atom is 0.259 e. The largest absolute Gasteiger partial charge is 0.306 e. The lowest BCUT2D eigenvalue weighted by Crippen LogP contribution is -2.11. The van der Waals surface area contributed by atoms with E-state index in [1.54, 1.807) is 12.3 Å². The number of carbonyl (C=O) groups is 1. The highest BCUT2D eigenvalue weighted by Gasteiger charge is 2.06. The Morgan fingerprint density at radius 1 is 1.40 bits per heavy atom. The number of aromatic amines is 1. The summed E-state index contributed by atoms with van der Waals surface area (Å²) in [6.07, 6.45) is 4.69. The Morgan fingerprint density at radius 2 is 2.27 bits per heavy atom. The van der Waals surface area contributed by atoms with Crippen molar-refractivity contribution in [2.75, 3.05) is 5.32 Å². The smallest absolute Gasteiger partial charge is 0.259 e. The number of hydrogen-bond donors (Lipinski definition) is 2. The molecule has 0 spiro atoms. The number of pyridine rings is 1. The second-order valence-electron chi connectivity index (χ2n) is 3.16. The minimum Gasteiger partial charge on any atom is -0.306 e. The van der Waals surface area contributed by atoms with Gasteiger partial charge in [-0.1, -0.05) is 6.07 Å². The first-order valence-electron chi connectivity index (χ1n) is 4.48. The molecule has 0 aliphatic rings. The van der Waals surface area contributed by atoms with Gasteiger partial charge in [-0.25, -0.2) is 4.98 Å². The molecular formula is C10H10N4O. The van der Waals surface area contributed by atoms with Crippen molar-refractivity contribution in [1.82, 2.24) is 15.2 Å². The lowest BCUT2D eigenvalue weighted by molar-refractivity contribution is 0.102. The van der Waals surface area contributed by atoms with E-state index in [1.807, 2.05) is 13.0 Å². The van der Waals surface area contributed by atoms with Crippen molar-refractivity contribution in [2.24, 2.45) is 0 Å². The van der Waals surface area contributed by atoms with Crippen molar-refractivity contribution in [3.8, 4) is 0 Å². The van der Waals surface area contributed by atoms with Crippen LogP contribution in [0, 0.1) is 6.92 Å². The van der Waals surface area contributed by atoms with Gasteiger partial charge in [0.1, 0.15) is 5.82 Å². The van der Waals surface area contributed by atoms with Crippen molar-refractivity contribution >= 4 is 11.7 Å². The van der Waals surface area contributed by atoms with E-state index in [4.69, 9.17) is 0 Å². The molecule has 0 fully saturated rings. The number of hydrogen-bond acceptors (Lipinski definition) is 3. The quantitative estimate of drug-likeness (QED) is 0.772. The molecule has 0 aliphatic heterocycles. The molecule has 15 heavy (non-hydrogen) atoms. The minimum atomic E-state index is -0.222. The highest BCUT2D eigenvalue weighted by atomic mass is 16.1. The lowest BCUT2D eigenvalue weighted by Gasteiger charge is -2.01. The van der Waals surface area contributed by atoms with Crippen molar-refractivity contribution < 1.29 is 4.79 Å². The second-order valence-corrected chi connectivity index (χ2v) is 3.16. The topological polar surface area (TPSA) is 70.7 Å². The summed E-state index contributed by atoms with van der Waals surface area (Å²) in [7, 11) is 0. The predicted molar refractivity (Wildman–Crippen MR) is 55.5 cm³/mol. The standard InChI is InChI=1S/C10H10N4O/c1-7-2-3-9(11-4-7)14-10(15)8-5-12-13-6-8/h2-6H,1H3,(H,12,13)(H,11,14,15). The van der Waals surface area contributed by atoms with Crippen LogP contribution in [0.1, 0.15) is 15.9 Å². The number of amides is 1. The highest BCUT2D eigenvalue weighted by molar-refractivity contribution is 6.03. The molecule has 5 nitrogen and oxygen atoms in total. The molecule has 0 saturated carbocycles. The Morgan fingerprint density at radius 3 is 2.87 bits per heavy atom. The number of aromatic nitrogens is 3. The summed E-state index contributed by atoms with van der Waals surface area (Å²) in [5.74, 6) is 0.312. The molecule has 2 aromatic rings. The van der Waals surface area contributed by atoms with Gasteiger partial charge in [0.15, 0.2) is 0 Å². The van der Waals surface area contributed by atoms with Crippen LogP contribution in [0.4, 0.5) is 5.82 Å². The van der Waals surface area contributed by atoms with Crippen LogP contribution in [0.2, 0.25) is 0 Å². The van der Waals surface area contributed by atoms with Gasteiger partial charge in [-0.2, -0.15) is 5.10 Å². The van der Waals surface area contributed by atoms with Gasteiger partial charge in [0.05, 0.1) is 11.8 Å². The van der Waals surface area contributed by atoms with E-state index in [9.17, 15) is 4.79 Å². The van der Waals surface area contributed by atoms with Crippen LogP contribution in [0.15, 0.2) is 30.7 Å². The summed E-state index contributed by atoms with van der Waals surface area (Å²) in [5.41, 5.74) is 1.54. The van der Waals surface area contributed by atoms with Crippen LogP contribution in [0.5, 0.6) is 0 Å². The fraction of sp³-hybridized carbons (Fsp3) is 0.100. The third-order valence-corrected chi connectivity index (χ3v) is 1.91. The summed E-state index contributed by atoms with van der Waals surface area (Å²) < 4.78 is 0. The number of carbonyl (C=O) groups excluding carboxylic acids is 1. The molecule has 0 aliphatic carbocycles. The van der Waals surface area contributed by atoms with Crippen LogP contribution in [-0.2, 0) is 0 Å². The van der Waals surface area contributed by atoms with E-state index >= 15 is 0 Å². The molecule has 0 aromatic carbocycles. The van der Waals surface area contributed by atoms with E-state index in [1.165, 1.54) is 12.4 Å². The van der Waals surface area contributed by atoms with Gasteiger partial charge in [0.2, 0.25) is 0 Å². The third kappa shape index (κ3) is 2.19. The van der Waals surface area contributed by atoms with Crippen LogP contribution in [-0.4, -0.2) is 21.1 Å². The number of anilines is 1. The van der Waals surface area contributed by atoms with Gasteiger partial charge in [-0.15, -0.1) is 0 Å². The van der Waals surface area contributed by atoms with Gasteiger partial charge in [-0.3, -0.25) is 9.89 Å². The first kappa shape index (κ1) is 9.39. The van der Waals surface area contributed by atoms with E-state index in [0.29, 0.717) is 11.4 Å². The zero-order valence-electron chi connectivity index (χ0n) is 8.19. The fourth-order valence-electron chi connectivity index (χ4n) is 1.11. The van der Waals surface area contributed by atoms with Crippen LogP contribution >= 0.6 is 0 Å². The average molecular weight is 202 g/mol. The second kappa shape index (κ2) is 3.91.